The molecule has 3 rings (SSSR count). The Morgan fingerprint density at radius 3 is 2.71 bits per heavy atom. The molecular formula is C15H11Cl2FN2S. The molecule has 0 atom stereocenters. The van der Waals surface area contributed by atoms with Crippen LogP contribution in [0.25, 0.3) is 0 Å². The van der Waals surface area contributed by atoms with Crippen LogP contribution in [0.1, 0.15) is 11.1 Å². The van der Waals surface area contributed by atoms with Gasteiger partial charge in [0.1, 0.15) is 5.82 Å². The van der Waals surface area contributed by atoms with Crippen molar-refractivity contribution in [3.8, 4) is 0 Å². The largest absolute Gasteiger partial charge is 0.300 e. The van der Waals surface area contributed by atoms with Crippen LogP contribution in [0.4, 0.5) is 10.1 Å². The third-order valence-electron chi connectivity index (χ3n) is 3.25. The van der Waals surface area contributed by atoms with E-state index in [-0.39, 0.29) is 11.1 Å². The number of halogens is 3. The van der Waals surface area contributed by atoms with Crippen molar-refractivity contribution in [1.82, 2.24) is 4.72 Å². The molecule has 1 aliphatic heterocycles. The van der Waals surface area contributed by atoms with E-state index in [1.54, 1.807) is 6.07 Å². The van der Waals surface area contributed by atoms with Gasteiger partial charge in [-0.3, -0.25) is 0 Å². The molecule has 0 spiro atoms. The monoisotopic (exact) mass is 340 g/mol. The van der Waals surface area contributed by atoms with E-state index in [1.807, 2.05) is 24.3 Å². The van der Waals surface area contributed by atoms with Gasteiger partial charge in [-0.25, -0.2) is 9.38 Å². The fourth-order valence-corrected chi connectivity index (χ4v) is 3.28. The van der Waals surface area contributed by atoms with Gasteiger partial charge in [-0.1, -0.05) is 29.8 Å². The molecule has 1 N–H and O–H groups in total. The van der Waals surface area contributed by atoms with Crippen LogP contribution in [0.3, 0.4) is 0 Å². The van der Waals surface area contributed by atoms with Gasteiger partial charge in [0.2, 0.25) is 5.29 Å². The van der Waals surface area contributed by atoms with Gasteiger partial charge < -0.3 is 4.72 Å². The zero-order valence-electron chi connectivity index (χ0n) is 10.9. The highest BCUT2D eigenvalue weighted by Gasteiger charge is 2.18. The van der Waals surface area contributed by atoms with Crippen LogP contribution in [0.15, 0.2) is 46.3 Å². The first kappa shape index (κ1) is 14.7. The van der Waals surface area contributed by atoms with Crippen molar-refractivity contribution in [3.63, 3.8) is 0 Å². The summed E-state index contributed by atoms with van der Waals surface area (Å²) in [6.07, 6.45) is 1.17. The van der Waals surface area contributed by atoms with Crippen LogP contribution in [-0.2, 0) is 12.8 Å². The molecule has 1 heterocycles. The summed E-state index contributed by atoms with van der Waals surface area (Å²) >= 11 is 13.4. The molecule has 0 amide bonds. The molecular weight excluding hydrogens is 330 g/mol. The molecule has 6 heteroatoms. The van der Waals surface area contributed by atoms with Gasteiger partial charge in [0.05, 0.1) is 10.6 Å². The first-order chi connectivity index (χ1) is 10.1. The molecule has 1 aliphatic rings. The Morgan fingerprint density at radius 1 is 1.10 bits per heavy atom. The van der Waals surface area contributed by atoms with E-state index >= 15 is 0 Å². The molecule has 108 valence electrons. The number of aryl methyl sites for hydroxylation is 1. The zero-order chi connectivity index (χ0) is 14.8. The van der Waals surface area contributed by atoms with Gasteiger partial charge >= 0.3 is 0 Å². The lowest BCUT2D eigenvalue weighted by atomic mass is 10.0. The Kier molecular flexibility index (Phi) is 4.38. The van der Waals surface area contributed by atoms with Gasteiger partial charge in [-0.2, -0.15) is 0 Å². The molecule has 0 radical (unpaired) electrons. The summed E-state index contributed by atoms with van der Waals surface area (Å²) in [7, 11) is 0. The molecule has 0 aliphatic carbocycles. The highest BCUT2D eigenvalue weighted by Crippen LogP contribution is 2.37. The molecule has 2 aromatic rings. The Labute approximate surface area is 136 Å². The maximum absolute atomic E-state index is 14.1. The number of rotatable bonds is 3. The predicted octanol–water partition coefficient (Wildman–Crippen LogP) is 5.10. The number of benzene rings is 2. The van der Waals surface area contributed by atoms with Gasteiger partial charge in [-0.05, 0) is 60.2 Å². The van der Waals surface area contributed by atoms with Gasteiger partial charge in [0.15, 0.2) is 0 Å². The van der Waals surface area contributed by atoms with Crippen LogP contribution in [0, 0.1) is 5.82 Å². The Balaban J connectivity index is 1.91. The molecule has 2 nitrogen and oxygen atoms in total. The van der Waals surface area contributed by atoms with Crippen molar-refractivity contribution in [2.24, 2.45) is 4.99 Å². The van der Waals surface area contributed by atoms with Crippen LogP contribution >= 0.6 is 35.1 Å². The second kappa shape index (κ2) is 6.26. The van der Waals surface area contributed by atoms with Crippen molar-refractivity contribution in [3.05, 3.63) is 58.4 Å². The summed E-state index contributed by atoms with van der Waals surface area (Å²) in [4.78, 5) is 5.09. The average Bonchev–Trinajstić information content (AvgIpc) is 2.48. The fraction of sp³-hybridized carbons (Fsp3) is 0.133. The average molecular weight is 341 g/mol. The zero-order valence-corrected chi connectivity index (χ0v) is 13.2. The highest BCUT2D eigenvalue weighted by atomic mass is 35.5. The molecule has 21 heavy (non-hydrogen) atoms. The maximum atomic E-state index is 14.1. The number of fused-ring (bicyclic) bond motifs is 1. The lowest BCUT2D eigenvalue weighted by molar-refractivity contribution is 0.607. The normalized spacial score (nSPS) is 13.4. The summed E-state index contributed by atoms with van der Waals surface area (Å²) in [6.45, 7) is 0. The summed E-state index contributed by atoms with van der Waals surface area (Å²) in [5.74, 6) is -0.267. The van der Waals surface area contributed by atoms with Crippen molar-refractivity contribution < 1.29 is 4.39 Å². The molecule has 0 unspecified atom stereocenters. The Bertz CT molecular complexity index is 719. The van der Waals surface area contributed by atoms with Crippen molar-refractivity contribution >= 4 is 46.1 Å². The van der Waals surface area contributed by atoms with Crippen molar-refractivity contribution in [2.45, 2.75) is 17.7 Å². The van der Waals surface area contributed by atoms with Gasteiger partial charge in [-0.15, -0.1) is 0 Å². The second-order valence-electron chi connectivity index (χ2n) is 4.57. The number of nitrogens with zero attached hydrogens (tertiary/aromatic N) is 1. The number of aliphatic imine (C=N–C) groups is 1. The lowest BCUT2D eigenvalue weighted by Crippen LogP contribution is -2.13. The third-order valence-corrected chi connectivity index (χ3v) is 4.75. The van der Waals surface area contributed by atoms with Crippen molar-refractivity contribution in [2.75, 3.05) is 0 Å². The Morgan fingerprint density at radius 2 is 1.90 bits per heavy atom. The minimum atomic E-state index is -0.267. The molecule has 0 bridgehead atoms. The molecule has 0 aromatic heterocycles. The SMILES string of the molecule is Fc1ccc2c(c1CCc1ccccc1Cl)N=C(Cl)NS2. The fourth-order valence-electron chi connectivity index (χ4n) is 2.21. The van der Waals surface area contributed by atoms with Crippen LogP contribution in [0.5, 0.6) is 0 Å². The van der Waals surface area contributed by atoms with E-state index < -0.39 is 0 Å². The van der Waals surface area contributed by atoms with E-state index in [2.05, 4.69) is 9.71 Å². The number of nitrogens with one attached hydrogen (secondary N) is 1. The standard InChI is InChI=1S/C15H11Cl2FN2S/c16-11-4-2-1-3-9(11)5-6-10-12(18)7-8-13-14(10)19-15(17)20-21-13/h1-4,7-8H,5-6H2,(H,19,20). The Hall–Kier alpha value is -1.23. The third kappa shape index (κ3) is 3.18. The predicted molar refractivity (Wildman–Crippen MR) is 87.2 cm³/mol. The molecule has 0 saturated heterocycles. The summed E-state index contributed by atoms with van der Waals surface area (Å²) in [5, 5.41) is 0.956. The smallest absolute Gasteiger partial charge is 0.206 e. The van der Waals surface area contributed by atoms with Crippen LogP contribution in [-0.4, -0.2) is 5.29 Å². The molecule has 2 aromatic carbocycles. The quantitative estimate of drug-likeness (QED) is 0.620. The first-order valence-corrected chi connectivity index (χ1v) is 7.94. The van der Waals surface area contributed by atoms with Gasteiger partial charge in [0.25, 0.3) is 0 Å². The van der Waals surface area contributed by atoms with E-state index in [4.69, 9.17) is 23.2 Å². The van der Waals surface area contributed by atoms with Crippen LogP contribution in [0.2, 0.25) is 5.02 Å². The number of amidine groups is 1. The molecule has 0 saturated carbocycles. The van der Waals surface area contributed by atoms with Crippen molar-refractivity contribution in [1.29, 1.82) is 0 Å². The second-order valence-corrected chi connectivity index (χ2v) is 6.18. The lowest BCUT2D eigenvalue weighted by Gasteiger charge is -2.17. The number of hydrogen-bond donors (Lipinski definition) is 1. The van der Waals surface area contributed by atoms with E-state index in [9.17, 15) is 4.39 Å². The number of hydrogen-bond acceptors (Lipinski definition) is 3. The topological polar surface area (TPSA) is 24.4 Å². The first-order valence-electron chi connectivity index (χ1n) is 6.37. The van der Waals surface area contributed by atoms with E-state index in [1.165, 1.54) is 18.0 Å². The minimum Gasteiger partial charge on any atom is -0.300 e. The van der Waals surface area contributed by atoms with Gasteiger partial charge in [0, 0.05) is 10.6 Å². The van der Waals surface area contributed by atoms with E-state index in [0.29, 0.717) is 29.1 Å². The summed E-state index contributed by atoms with van der Waals surface area (Å²) < 4.78 is 17.0. The highest BCUT2D eigenvalue weighted by molar-refractivity contribution is 7.98. The molecule has 0 fully saturated rings. The minimum absolute atomic E-state index is 0.261. The van der Waals surface area contributed by atoms with Crippen LogP contribution < -0.4 is 4.72 Å². The summed E-state index contributed by atoms with van der Waals surface area (Å²) in [5.41, 5.74) is 2.17. The summed E-state index contributed by atoms with van der Waals surface area (Å²) in [6, 6.07) is 10.7. The van der Waals surface area contributed by atoms with E-state index in [0.717, 1.165) is 10.5 Å². The maximum Gasteiger partial charge on any atom is 0.206 e.